The van der Waals surface area contributed by atoms with Gasteiger partial charge in [-0.1, -0.05) is 20.8 Å². The van der Waals surface area contributed by atoms with Crippen molar-refractivity contribution in [3.63, 3.8) is 0 Å². The van der Waals surface area contributed by atoms with Crippen LogP contribution in [0.25, 0.3) is 0 Å². The Morgan fingerprint density at radius 2 is 2.05 bits per heavy atom. The number of nitrogens with one attached hydrogen (secondary N) is 1. The SMILES string of the molecule is CCC(NC)c1ccc(OC2CCC(C)(C)CC2)cn1. The molecule has 1 fully saturated rings. The standard InChI is InChI=1S/C17H28N2O/c1-5-15(18-4)16-7-6-14(12-19-16)20-13-8-10-17(2,3)11-9-13/h6-7,12-13,15,18H,5,8-11H2,1-4H3. The minimum Gasteiger partial charge on any atom is -0.489 e. The molecule has 3 nitrogen and oxygen atoms in total. The van der Waals surface area contributed by atoms with E-state index >= 15 is 0 Å². The fourth-order valence-corrected chi connectivity index (χ4v) is 2.91. The number of aromatic nitrogens is 1. The largest absolute Gasteiger partial charge is 0.489 e. The molecule has 1 N–H and O–H groups in total. The van der Waals surface area contributed by atoms with Crippen LogP contribution in [-0.2, 0) is 0 Å². The predicted octanol–water partition coefficient (Wildman–Crippen LogP) is 4.10. The summed E-state index contributed by atoms with van der Waals surface area (Å²) in [5, 5.41) is 3.27. The van der Waals surface area contributed by atoms with Gasteiger partial charge in [0.05, 0.1) is 18.0 Å². The first kappa shape index (κ1) is 15.3. The van der Waals surface area contributed by atoms with Crippen LogP contribution in [0.2, 0.25) is 0 Å². The first-order chi connectivity index (χ1) is 9.54. The smallest absolute Gasteiger partial charge is 0.138 e. The summed E-state index contributed by atoms with van der Waals surface area (Å²) in [5.41, 5.74) is 1.58. The number of nitrogens with zero attached hydrogens (tertiary/aromatic N) is 1. The van der Waals surface area contributed by atoms with E-state index in [0.29, 0.717) is 17.6 Å². The number of hydrogen-bond donors (Lipinski definition) is 1. The van der Waals surface area contributed by atoms with Gasteiger partial charge < -0.3 is 10.1 Å². The van der Waals surface area contributed by atoms with Gasteiger partial charge in [0.2, 0.25) is 0 Å². The summed E-state index contributed by atoms with van der Waals surface area (Å²) in [7, 11) is 1.98. The molecule has 112 valence electrons. The van der Waals surface area contributed by atoms with Gasteiger partial charge in [0.15, 0.2) is 0 Å². The number of ether oxygens (including phenoxy) is 1. The van der Waals surface area contributed by atoms with E-state index < -0.39 is 0 Å². The summed E-state index contributed by atoms with van der Waals surface area (Å²) in [6, 6.07) is 4.47. The first-order valence-electron chi connectivity index (χ1n) is 7.84. The molecule has 1 aromatic rings. The Balaban J connectivity index is 1.91. The average molecular weight is 276 g/mol. The third-order valence-corrected chi connectivity index (χ3v) is 4.46. The third-order valence-electron chi connectivity index (χ3n) is 4.46. The zero-order valence-electron chi connectivity index (χ0n) is 13.3. The highest BCUT2D eigenvalue weighted by molar-refractivity contribution is 5.22. The molecule has 1 unspecified atom stereocenters. The number of pyridine rings is 1. The molecular weight excluding hydrogens is 248 g/mol. The minimum atomic E-state index is 0.333. The van der Waals surface area contributed by atoms with E-state index in [9.17, 15) is 0 Å². The normalized spacial score (nSPS) is 20.6. The summed E-state index contributed by atoms with van der Waals surface area (Å²) >= 11 is 0. The Morgan fingerprint density at radius 3 is 2.55 bits per heavy atom. The molecular formula is C17H28N2O. The molecule has 0 saturated heterocycles. The fraction of sp³-hybridized carbons (Fsp3) is 0.706. The summed E-state index contributed by atoms with van der Waals surface area (Å²) in [6.45, 7) is 6.86. The molecule has 0 aliphatic heterocycles. The molecule has 0 spiro atoms. The summed E-state index contributed by atoms with van der Waals surface area (Å²) < 4.78 is 6.07. The number of hydrogen-bond acceptors (Lipinski definition) is 3. The zero-order chi connectivity index (χ0) is 14.6. The molecule has 3 heteroatoms. The van der Waals surface area contributed by atoms with Gasteiger partial charge in [-0.3, -0.25) is 4.98 Å². The maximum atomic E-state index is 6.07. The van der Waals surface area contributed by atoms with E-state index in [1.54, 1.807) is 0 Å². The van der Waals surface area contributed by atoms with E-state index in [2.05, 4.69) is 43.2 Å². The van der Waals surface area contributed by atoms with Crippen molar-refractivity contribution in [1.82, 2.24) is 10.3 Å². The van der Waals surface area contributed by atoms with Crippen LogP contribution in [0.4, 0.5) is 0 Å². The monoisotopic (exact) mass is 276 g/mol. The summed E-state index contributed by atoms with van der Waals surface area (Å²) in [4.78, 5) is 4.53. The second kappa shape index (κ2) is 6.57. The maximum Gasteiger partial charge on any atom is 0.138 e. The zero-order valence-corrected chi connectivity index (χ0v) is 13.3. The molecule has 1 saturated carbocycles. The molecule has 1 aliphatic carbocycles. The van der Waals surface area contributed by atoms with Gasteiger partial charge in [-0.25, -0.2) is 0 Å². The van der Waals surface area contributed by atoms with Gasteiger partial charge in [-0.15, -0.1) is 0 Å². The molecule has 1 heterocycles. The van der Waals surface area contributed by atoms with Crippen LogP contribution in [0.15, 0.2) is 18.3 Å². The lowest BCUT2D eigenvalue weighted by Crippen LogP contribution is -2.28. The topological polar surface area (TPSA) is 34.1 Å². The van der Waals surface area contributed by atoms with Crippen molar-refractivity contribution >= 4 is 0 Å². The maximum absolute atomic E-state index is 6.07. The van der Waals surface area contributed by atoms with Crippen molar-refractivity contribution in [3.8, 4) is 5.75 Å². The summed E-state index contributed by atoms with van der Waals surface area (Å²) in [5.74, 6) is 0.907. The number of rotatable bonds is 5. The minimum absolute atomic E-state index is 0.333. The van der Waals surface area contributed by atoms with Crippen LogP contribution in [0.3, 0.4) is 0 Å². The van der Waals surface area contributed by atoms with Gasteiger partial charge in [0, 0.05) is 6.04 Å². The van der Waals surface area contributed by atoms with Crippen molar-refractivity contribution < 1.29 is 4.74 Å². The highest BCUT2D eigenvalue weighted by Crippen LogP contribution is 2.36. The second-order valence-electron chi connectivity index (χ2n) is 6.65. The Kier molecular flexibility index (Phi) is 5.03. The summed E-state index contributed by atoms with van der Waals surface area (Å²) in [6.07, 6.45) is 8.09. The Labute approximate surface area is 123 Å². The lowest BCUT2D eigenvalue weighted by Gasteiger charge is -2.34. The molecule has 20 heavy (non-hydrogen) atoms. The van der Waals surface area contributed by atoms with E-state index in [1.165, 1.54) is 12.8 Å². The van der Waals surface area contributed by atoms with E-state index in [1.807, 2.05) is 13.2 Å². The van der Waals surface area contributed by atoms with Gasteiger partial charge in [-0.05, 0) is 56.7 Å². The molecule has 1 aliphatic rings. The van der Waals surface area contributed by atoms with Gasteiger partial charge in [0.1, 0.15) is 5.75 Å². The highest BCUT2D eigenvalue weighted by Gasteiger charge is 2.27. The molecule has 0 amide bonds. The van der Waals surface area contributed by atoms with E-state index in [0.717, 1.165) is 30.7 Å². The lowest BCUT2D eigenvalue weighted by molar-refractivity contribution is 0.0984. The van der Waals surface area contributed by atoms with Crippen LogP contribution < -0.4 is 10.1 Å². The Hall–Kier alpha value is -1.09. The van der Waals surface area contributed by atoms with Crippen molar-refractivity contribution in [3.05, 3.63) is 24.0 Å². The molecule has 0 bridgehead atoms. The van der Waals surface area contributed by atoms with Crippen molar-refractivity contribution in [2.45, 2.75) is 65.0 Å². The predicted molar refractivity (Wildman–Crippen MR) is 83.0 cm³/mol. The van der Waals surface area contributed by atoms with Gasteiger partial charge >= 0.3 is 0 Å². The van der Waals surface area contributed by atoms with Crippen molar-refractivity contribution in [2.24, 2.45) is 5.41 Å². The lowest BCUT2D eigenvalue weighted by atomic mass is 9.76. The third kappa shape index (κ3) is 3.95. The second-order valence-corrected chi connectivity index (χ2v) is 6.65. The Bertz CT molecular complexity index is 400. The van der Waals surface area contributed by atoms with Gasteiger partial charge in [-0.2, -0.15) is 0 Å². The molecule has 0 aromatic carbocycles. The van der Waals surface area contributed by atoms with Crippen LogP contribution in [-0.4, -0.2) is 18.1 Å². The molecule has 1 aromatic heterocycles. The van der Waals surface area contributed by atoms with Crippen molar-refractivity contribution in [1.29, 1.82) is 0 Å². The van der Waals surface area contributed by atoms with E-state index in [4.69, 9.17) is 4.74 Å². The molecule has 1 atom stereocenters. The molecule has 2 rings (SSSR count). The van der Waals surface area contributed by atoms with Crippen LogP contribution in [0.5, 0.6) is 5.75 Å². The average Bonchev–Trinajstić information content (AvgIpc) is 2.44. The van der Waals surface area contributed by atoms with Crippen LogP contribution in [0, 0.1) is 5.41 Å². The first-order valence-corrected chi connectivity index (χ1v) is 7.84. The fourth-order valence-electron chi connectivity index (χ4n) is 2.91. The van der Waals surface area contributed by atoms with Gasteiger partial charge in [0.25, 0.3) is 0 Å². The molecule has 0 radical (unpaired) electrons. The van der Waals surface area contributed by atoms with Crippen LogP contribution in [0.1, 0.15) is 64.6 Å². The Morgan fingerprint density at radius 1 is 1.35 bits per heavy atom. The highest BCUT2D eigenvalue weighted by atomic mass is 16.5. The quantitative estimate of drug-likeness (QED) is 0.879. The van der Waals surface area contributed by atoms with Crippen molar-refractivity contribution in [2.75, 3.05) is 7.05 Å². The van der Waals surface area contributed by atoms with E-state index in [-0.39, 0.29) is 0 Å². The van der Waals surface area contributed by atoms with Crippen LogP contribution >= 0.6 is 0 Å².